The first-order chi connectivity index (χ1) is 10.6. The fourth-order valence-electron chi connectivity index (χ4n) is 2.51. The van der Waals surface area contributed by atoms with Crippen LogP contribution in [0.2, 0.25) is 0 Å². The Kier molecular flexibility index (Phi) is 6.08. The number of aryl methyl sites for hydroxylation is 2. The smallest absolute Gasteiger partial charge is 0.230 e. The number of rotatable bonds is 6. The van der Waals surface area contributed by atoms with Gasteiger partial charge in [-0.1, -0.05) is 54.1 Å². The van der Waals surface area contributed by atoms with E-state index in [9.17, 15) is 4.79 Å². The van der Waals surface area contributed by atoms with Gasteiger partial charge in [0.05, 0.1) is 11.8 Å². The Morgan fingerprint density at radius 3 is 2.55 bits per heavy atom. The molecule has 2 aromatic rings. The lowest BCUT2D eigenvalue weighted by Gasteiger charge is -2.17. The Bertz CT molecular complexity index is 625. The summed E-state index contributed by atoms with van der Waals surface area (Å²) in [4.78, 5) is 12.1. The van der Waals surface area contributed by atoms with Crippen molar-refractivity contribution in [1.29, 1.82) is 0 Å². The third-order valence-electron chi connectivity index (χ3n) is 3.61. The average molecular weight is 313 g/mol. The van der Waals surface area contributed by atoms with Crippen molar-refractivity contribution in [2.24, 2.45) is 0 Å². The first-order valence-corrected chi connectivity index (χ1v) is 8.70. The number of carbonyl (C=O) groups is 1. The summed E-state index contributed by atoms with van der Waals surface area (Å²) in [7, 11) is 0. The molecule has 0 radical (unpaired) electrons. The molecule has 116 valence electrons. The second-order valence-electron chi connectivity index (χ2n) is 5.63. The van der Waals surface area contributed by atoms with Gasteiger partial charge in [0, 0.05) is 5.75 Å². The number of hydrogen-bond acceptors (Lipinski definition) is 2. The van der Waals surface area contributed by atoms with Crippen LogP contribution in [-0.4, -0.2) is 11.7 Å². The van der Waals surface area contributed by atoms with Crippen LogP contribution in [0.4, 0.5) is 0 Å². The topological polar surface area (TPSA) is 29.1 Å². The van der Waals surface area contributed by atoms with Crippen molar-refractivity contribution in [3.8, 4) is 0 Å². The van der Waals surface area contributed by atoms with Gasteiger partial charge in [0.1, 0.15) is 0 Å². The van der Waals surface area contributed by atoms with Crippen LogP contribution in [-0.2, 0) is 10.5 Å². The molecule has 0 aromatic heterocycles. The van der Waals surface area contributed by atoms with Gasteiger partial charge in [0.15, 0.2) is 0 Å². The zero-order valence-corrected chi connectivity index (χ0v) is 14.2. The van der Waals surface area contributed by atoms with Gasteiger partial charge in [-0.2, -0.15) is 0 Å². The molecule has 1 N–H and O–H groups in total. The van der Waals surface area contributed by atoms with Crippen LogP contribution in [0.1, 0.15) is 35.2 Å². The van der Waals surface area contributed by atoms with E-state index in [1.807, 2.05) is 25.1 Å². The quantitative estimate of drug-likeness (QED) is 0.855. The van der Waals surface area contributed by atoms with E-state index in [1.54, 1.807) is 11.8 Å². The summed E-state index contributed by atoms with van der Waals surface area (Å²) < 4.78 is 0. The van der Waals surface area contributed by atoms with Gasteiger partial charge in [0.2, 0.25) is 5.91 Å². The largest absolute Gasteiger partial charge is 0.349 e. The molecule has 2 rings (SSSR count). The molecule has 0 saturated carbocycles. The van der Waals surface area contributed by atoms with Gasteiger partial charge in [-0.05, 0) is 37.5 Å². The minimum Gasteiger partial charge on any atom is -0.349 e. The highest BCUT2D eigenvalue weighted by Gasteiger charge is 2.11. The highest BCUT2D eigenvalue weighted by atomic mass is 32.2. The molecule has 1 atom stereocenters. The zero-order chi connectivity index (χ0) is 15.9. The average Bonchev–Trinajstić information content (AvgIpc) is 2.48. The number of nitrogens with one attached hydrogen (secondary N) is 1. The molecule has 0 heterocycles. The molecule has 2 nitrogen and oxygen atoms in total. The molecule has 0 unspecified atom stereocenters. The Labute approximate surface area is 137 Å². The maximum Gasteiger partial charge on any atom is 0.230 e. The fourth-order valence-corrected chi connectivity index (χ4v) is 3.31. The summed E-state index contributed by atoms with van der Waals surface area (Å²) in [6, 6.07) is 16.6. The predicted molar refractivity (Wildman–Crippen MR) is 95.1 cm³/mol. The molecule has 0 aliphatic rings. The second kappa shape index (κ2) is 8.04. The number of carbonyl (C=O) groups excluding carboxylic acids is 1. The Balaban J connectivity index is 1.81. The molecule has 0 aliphatic carbocycles. The molecule has 2 aromatic carbocycles. The molecule has 0 fully saturated rings. The van der Waals surface area contributed by atoms with E-state index in [4.69, 9.17) is 0 Å². The lowest BCUT2D eigenvalue weighted by atomic mass is 10.0. The van der Waals surface area contributed by atoms with Crippen LogP contribution < -0.4 is 5.32 Å². The molecule has 0 saturated heterocycles. The van der Waals surface area contributed by atoms with Crippen molar-refractivity contribution in [2.75, 3.05) is 5.75 Å². The predicted octanol–water partition coefficient (Wildman–Crippen LogP) is 4.41. The minimum absolute atomic E-state index is 0.0467. The van der Waals surface area contributed by atoms with Crippen molar-refractivity contribution < 1.29 is 4.79 Å². The highest BCUT2D eigenvalue weighted by Crippen LogP contribution is 2.19. The molecule has 0 spiro atoms. The van der Waals surface area contributed by atoms with Gasteiger partial charge in [-0.15, -0.1) is 11.8 Å². The fraction of sp³-hybridized carbons (Fsp3) is 0.316. The molecule has 22 heavy (non-hydrogen) atoms. The first-order valence-electron chi connectivity index (χ1n) is 7.54. The lowest BCUT2D eigenvalue weighted by molar-refractivity contribution is -0.119. The third kappa shape index (κ3) is 4.92. The Morgan fingerprint density at radius 2 is 1.86 bits per heavy atom. The van der Waals surface area contributed by atoms with Crippen LogP contribution in [0.15, 0.2) is 48.5 Å². The molecule has 0 bridgehead atoms. The van der Waals surface area contributed by atoms with Crippen molar-refractivity contribution >= 4 is 17.7 Å². The van der Waals surface area contributed by atoms with E-state index < -0.39 is 0 Å². The lowest BCUT2D eigenvalue weighted by Crippen LogP contribution is -2.28. The van der Waals surface area contributed by atoms with E-state index in [0.717, 1.165) is 5.75 Å². The van der Waals surface area contributed by atoms with E-state index in [0.29, 0.717) is 5.75 Å². The Morgan fingerprint density at radius 1 is 1.14 bits per heavy atom. The van der Waals surface area contributed by atoms with Crippen molar-refractivity contribution in [1.82, 2.24) is 5.32 Å². The van der Waals surface area contributed by atoms with Gasteiger partial charge in [-0.25, -0.2) is 0 Å². The molecule has 0 aliphatic heterocycles. The number of thioether (sulfide) groups is 1. The van der Waals surface area contributed by atoms with Crippen LogP contribution >= 0.6 is 11.8 Å². The van der Waals surface area contributed by atoms with Gasteiger partial charge in [0.25, 0.3) is 0 Å². The monoisotopic (exact) mass is 313 g/mol. The summed E-state index contributed by atoms with van der Waals surface area (Å²) in [5, 5.41) is 3.08. The van der Waals surface area contributed by atoms with Gasteiger partial charge < -0.3 is 5.32 Å². The molecular formula is C19H23NOS. The van der Waals surface area contributed by atoms with Crippen molar-refractivity contribution in [2.45, 2.75) is 32.6 Å². The number of benzene rings is 2. The second-order valence-corrected chi connectivity index (χ2v) is 6.61. The van der Waals surface area contributed by atoms with E-state index in [-0.39, 0.29) is 11.9 Å². The first kappa shape index (κ1) is 16.6. The maximum atomic E-state index is 12.1. The SMILES string of the molecule is Cc1ccc([C@H](C)NC(=O)CSCc2ccccc2)c(C)c1. The van der Waals surface area contributed by atoms with Crippen LogP contribution in [0.3, 0.4) is 0 Å². The normalized spacial score (nSPS) is 12.0. The maximum absolute atomic E-state index is 12.1. The number of amides is 1. The molecule has 1 amide bonds. The number of hydrogen-bond donors (Lipinski definition) is 1. The van der Waals surface area contributed by atoms with Crippen molar-refractivity contribution in [3.05, 3.63) is 70.8 Å². The highest BCUT2D eigenvalue weighted by molar-refractivity contribution is 7.99. The van der Waals surface area contributed by atoms with E-state index in [1.165, 1.54) is 22.3 Å². The van der Waals surface area contributed by atoms with Gasteiger partial charge >= 0.3 is 0 Å². The van der Waals surface area contributed by atoms with E-state index >= 15 is 0 Å². The summed E-state index contributed by atoms with van der Waals surface area (Å²) in [6.07, 6.45) is 0. The molecular weight excluding hydrogens is 290 g/mol. The summed E-state index contributed by atoms with van der Waals surface area (Å²) >= 11 is 1.65. The third-order valence-corrected chi connectivity index (χ3v) is 4.62. The van der Waals surface area contributed by atoms with Crippen LogP contribution in [0, 0.1) is 13.8 Å². The van der Waals surface area contributed by atoms with E-state index in [2.05, 4.69) is 49.5 Å². The zero-order valence-electron chi connectivity index (χ0n) is 13.4. The Hall–Kier alpha value is -1.74. The molecule has 3 heteroatoms. The van der Waals surface area contributed by atoms with Crippen LogP contribution in [0.5, 0.6) is 0 Å². The summed E-state index contributed by atoms with van der Waals surface area (Å²) in [6.45, 7) is 6.22. The van der Waals surface area contributed by atoms with Gasteiger partial charge in [-0.3, -0.25) is 4.79 Å². The minimum atomic E-state index is 0.0467. The summed E-state index contributed by atoms with van der Waals surface area (Å²) in [5.41, 5.74) is 4.91. The van der Waals surface area contributed by atoms with Crippen molar-refractivity contribution in [3.63, 3.8) is 0 Å². The summed E-state index contributed by atoms with van der Waals surface area (Å²) in [5.74, 6) is 1.45. The standard InChI is InChI=1S/C19H23NOS/c1-14-9-10-18(15(2)11-14)16(3)20-19(21)13-22-12-17-7-5-4-6-8-17/h4-11,16H,12-13H2,1-3H3,(H,20,21)/t16-/m0/s1. The van der Waals surface area contributed by atoms with Crippen LogP contribution in [0.25, 0.3) is 0 Å².